The van der Waals surface area contributed by atoms with Crippen molar-refractivity contribution in [1.82, 2.24) is 5.32 Å². The van der Waals surface area contributed by atoms with E-state index in [-0.39, 0.29) is 11.8 Å². The summed E-state index contributed by atoms with van der Waals surface area (Å²) in [4.78, 5) is 11.5. The molecule has 106 valence electrons. The lowest BCUT2D eigenvalue weighted by molar-refractivity contribution is -0.143. The highest BCUT2D eigenvalue weighted by atomic mass is 19.1. The molecule has 19 heavy (non-hydrogen) atoms. The molecule has 0 saturated heterocycles. The number of hydrogen-bond donors (Lipinski definition) is 1. The zero-order valence-corrected chi connectivity index (χ0v) is 11.3. The molecule has 1 aromatic rings. The number of ether oxygens (including phenoxy) is 2. The molecule has 1 atom stereocenters. The summed E-state index contributed by atoms with van der Waals surface area (Å²) in [6.07, 6.45) is 1.40. The highest BCUT2D eigenvalue weighted by molar-refractivity contribution is 5.75. The highest BCUT2D eigenvalue weighted by Gasteiger charge is 2.17. The minimum atomic E-state index is -0.390. The van der Waals surface area contributed by atoms with Gasteiger partial charge in [0.15, 0.2) is 0 Å². The molecular formula is C14H20FNO3. The number of rotatable bonds is 8. The first-order valence-electron chi connectivity index (χ1n) is 6.37. The SMILES string of the molecule is CCCNC(CCOc1cccc(F)c1)C(=O)OC. The number of benzene rings is 1. The molecule has 0 fully saturated rings. The molecule has 1 N–H and O–H groups in total. The van der Waals surface area contributed by atoms with Crippen LogP contribution in [0.5, 0.6) is 5.75 Å². The molecule has 0 aliphatic carbocycles. The van der Waals surface area contributed by atoms with Gasteiger partial charge in [0.05, 0.1) is 13.7 Å². The second kappa shape index (κ2) is 8.48. The summed E-state index contributed by atoms with van der Waals surface area (Å²) in [6.45, 7) is 3.07. The van der Waals surface area contributed by atoms with Crippen LogP contribution < -0.4 is 10.1 Å². The fraction of sp³-hybridized carbons (Fsp3) is 0.500. The number of methoxy groups -OCH3 is 1. The molecular weight excluding hydrogens is 249 g/mol. The van der Waals surface area contributed by atoms with E-state index >= 15 is 0 Å². The van der Waals surface area contributed by atoms with Crippen LogP contribution >= 0.6 is 0 Å². The Balaban J connectivity index is 2.41. The lowest BCUT2D eigenvalue weighted by Crippen LogP contribution is -2.39. The van der Waals surface area contributed by atoms with E-state index in [4.69, 9.17) is 9.47 Å². The molecule has 0 heterocycles. The van der Waals surface area contributed by atoms with E-state index in [1.54, 1.807) is 12.1 Å². The van der Waals surface area contributed by atoms with Crippen LogP contribution in [-0.4, -0.2) is 32.3 Å². The Morgan fingerprint density at radius 1 is 1.47 bits per heavy atom. The third-order valence-electron chi connectivity index (χ3n) is 2.60. The largest absolute Gasteiger partial charge is 0.493 e. The predicted octanol–water partition coefficient (Wildman–Crippen LogP) is 2.14. The van der Waals surface area contributed by atoms with Crippen molar-refractivity contribution in [2.24, 2.45) is 0 Å². The van der Waals surface area contributed by atoms with Gasteiger partial charge in [0.2, 0.25) is 0 Å². The zero-order valence-electron chi connectivity index (χ0n) is 11.3. The van der Waals surface area contributed by atoms with Crippen LogP contribution in [0.15, 0.2) is 24.3 Å². The fourth-order valence-electron chi connectivity index (χ4n) is 1.62. The number of carbonyl (C=O) groups is 1. The average Bonchev–Trinajstić information content (AvgIpc) is 2.42. The number of hydrogen-bond acceptors (Lipinski definition) is 4. The molecule has 0 amide bonds. The number of esters is 1. The van der Waals surface area contributed by atoms with Gasteiger partial charge in [-0.15, -0.1) is 0 Å². The molecule has 4 nitrogen and oxygen atoms in total. The van der Waals surface area contributed by atoms with Gasteiger partial charge < -0.3 is 14.8 Å². The molecule has 1 rings (SSSR count). The monoisotopic (exact) mass is 269 g/mol. The molecule has 1 unspecified atom stereocenters. The average molecular weight is 269 g/mol. The summed E-state index contributed by atoms with van der Waals surface area (Å²) in [6, 6.07) is 5.53. The van der Waals surface area contributed by atoms with Crippen molar-refractivity contribution >= 4 is 5.97 Å². The van der Waals surface area contributed by atoms with Gasteiger partial charge in [0.25, 0.3) is 0 Å². The molecule has 0 aliphatic heterocycles. The maximum absolute atomic E-state index is 12.9. The maximum atomic E-state index is 12.9. The summed E-state index contributed by atoms with van der Waals surface area (Å²) in [5.74, 6) is -0.193. The standard InChI is InChI=1S/C14H20FNO3/c1-3-8-16-13(14(17)18-2)7-9-19-12-6-4-5-11(15)10-12/h4-6,10,13,16H,3,7-9H2,1-2H3. The fourth-order valence-corrected chi connectivity index (χ4v) is 1.62. The van der Waals surface area contributed by atoms with E-state index in [9.17, 15) is 9.18 Å². The van der Waals surface area contributed by atoms with E-state index in [1.807, 2.05) is 6.92 Å². The third kappa shape index (κ3) is 5.70. The quantitative estimate of drug-likeness (QED) is 0.734. The Hall–Kier alpha value is -1.62. The van der Waals surface area contributed by atoms with E-state index in [0.717, 1.165) is 13.0 Å². The minimum absolute atomic E-state index is 0.309. The Labute approximate surface area is 112 Å². The smallest absolute Gasteiger partial charge is 0.322 e. The van der Waals surface area contributed by atoms with Gasteiger partial charge in [-0.05, 0) is 25.1 Å². The van der Waals surface area contributed by atoms with Gasteiger partial charge >= 0.3 is 5.97 Å². The molecule has 0 radical (unpaired) electrons. The Bertz CT molecular complexity index is 398. The van der Waals surface area contributed by atoms with Gasteiger partial charge in [-0.2, -0.15) is 0 Å². The highest BCUT2D eigenvalue weighted by Crippen LogP contribution is 2.12. The lowest BCUT2D eigenvalue weighted by atomic mass is 10.2. The first kappa shape index (κ1) is 15.4. The van der Waals surface area contributed by atoms with Crippen molar-refractivity contribution in [2.75, 3.05) is 20.3 Å². The number of nitrogens with one attached hydrogen (secondary N) is 1. The van der Waals surface area contributed by atoms with Gasteiger partial charge in [-0.1, -0.05) is 13.0 Å². The van der Waals surface area contributed by atoms with Crippen LogP contribution in [0.2, 0.25) is 0 Å². The molecule has 0 aliphatic rings. The van der Waals surface area contributed by atoms with Crippen molar-refractivity contribution < 1.29 is 18.7 Å². The summed E-state index contributed by atoms with van der Waals surface area (Å²) < 4.78 is 23.1. The van der Waals surface area contributed by atoms with Crippen molar-refractivity contribution in [3.63, 3.8) is 0 Å². The summed E-state index contributed by atoms with van der Waals surface area (Å²) in [5, 5.41) is 3.09. The summed E-state index contributed by atoms with van der Waals surface area (Å²) >= 11 is 0. The van der Waals surface area contributed by atoms with E-state index < -0.39 is 6.04 Å². The Kier molecular flexibility index (Phi) is 6.89. The van der Waals surface area contributed by atoms with E-state index in [0.29, 0.717) is 18.8 Å². The van der Waals surface area contributed by atoms with Crippen molar-refractivity contribution in [1.29, 1.82) is 0 Å². The Morgan fingerprint density at radius 3 is 2.89 bits per heavy atom. The van der Waals surface area contributed by atoms with Crippen LogP contribution in [0.25, 0.3) is 0 Å². The van der Waals surface area contributed by atoms with Crippen LogP contribution in [-0.2, 0) is 9.53 Å². The third-order valence-corrected chi connectivity index (χ3v) is 2.60. The Morgan fingerprint density at radius 2 is 2.26 bits per heavy atom. The van der Waals surface area contributed by atoms with Crippen LogP contribution in [0.4, 0.5) is 4.39 Å². The van der Waals surface area contributed by atoms with Crippen LogP contribution in [0.1, 0.15) is 19.8 Å². The summed E-state index contributed by atoms with van der Waals surface area (Å²) in [5.41, 5.74) is 0. The van der Waals surface area contributed by atoms with Gasteiger partial charge in [0, 0.05) is 12.5 Å². The molecule has 0 saturated carbocycles. The van der Waals surface area contributed by atoms with E-state index in [1.165, 1.54) is 19.2 Å². The lowest BCUT2D eigenvalue weighted by Gasteiger charge is -2.16. The first-order valence-corrected chi connectivity index (χ1v) is 6.37. The topological polar surface area (TPSA) is 47.6 Å². The van der Waals surface area contributed by atoms with Gasteiger partial charge in [-0.3, -0.25) is 4.79 Å². The molecule has 0 spiro atoms. The first-order chi connectivity index (χ1) is 9.17. The van der Waals surface area contributed by atoms with Crippen LogP contribution in [0.3, 0.4) is 0 Å². The van der Waals surface area contributed by atoms with Crippen molar-refractivity contribution in [2.45, 2.75) is 25.8 Å². The van der Waals surface area contributed by atoms with Gasteiger partial charge in [0.1, 0.15) is 17.6 Å². The molecule has 0 bridgehead atoms. The number of halogens is 1. The molecule has 5 heteroatoms. The van der Waals surface area contributed by atoms with Gasteiger partial charge in [-0.25, -0.2) is 4.39 Å². The van der Waals surface area contributed by atoms with Crippen LogP contribution in [0, 0.1) is 5.82 Å². The predicted molar refractivity (Wildman–Crippen MR) is 70.6 cm³/mol. The second-order valence-electron chi connectivity index (χ2n) is 4.12. The zero-order chi connectivity index (χ0) is 14.1. The van der Waals surface area contributed by atoms with Crippen molar-refractivity contribution in [3.8, 4) is 5.75 Å². The number of carbonyl (C=O) groups excluding carboxylic acids is 1. The van der Waals surface area contributed by atoms with E-state index in [2.05, 4.69) is 5.32 Å². The molecule has 1 aromatic carbocycles. The minimum Gasteiger partial charge on any atom is -0.493 e. The summed E-state index contributed by atoms with van der Waals surface area (Å²) in [7, 11) is 1.36. The maximum Gasteiger partial charge on any atom is 0.322 e. The van der Waals surface area contributed by atoms with Crippen molar-refractivity contribution in [3.05, 3.63) is 30.1 Å². The molecule has 0 aromatic heterocycles. The normalized spacial score (nSPS) is 11.9. The second-order valence-corrected chi connectivity index (χ2v) is 4.12.